The van der Waals surface area contributed by atoms with Crippen molar-refractivity contribution in [2.24, 2.45) is 11.8 Å². The molecule has 0 radical (unpaired) electrons. The number of fused-ring (bicyclic) bond motifs is 1. The zero-order valence-electron chi connectivity index (χ0n) is 9.67. The van der Waals surface area contributed by atoms with Gasteiger partial charge in [-0.15, -0.1) is 12.3 Å². The molecule has 0 aromatic heterocycles. The van der Waals surface area contributed by atoms with Crippen molar-refractivity contribution in [1.82, 2.24) is 5.32 Å². The monoisotopic (exact) mass is 205 g/mol. The summed E-state index contributed by atoms with van der Waals surface area (Å²) in [7, 11) is 0. The first kappa shape index (κ1) is 11.0. The molecule has 2 aliphatic rings. The predicted molar refractivity (Wildman–Crippen MR) is 64.5 cm³/mol. The standard InChI is InChI=1S/C14H23N/c1-2-3-10-15-14-9-8-12-6-4-5-7-13(12)11-14/h1,12-15H,3-11H2. The van der Waals surface area contributed by atoms with E-state index >= 15 is 0 Å². The molecule has 0 aliphatic heterocycles. The van der Waals surface area contributed by atoms with E-state index in [1.165, 1.54) is 44.9 Å². The van der Waals surface area contributed by atoms with Gasteiger partial charge in [0.15, 0.2) is 0 Å². The van der Waals surface area contributed by atoms with E-state index in [1.54, 1.807) is 0 Å². The highest BCUT2D eigenvalue weighted by atomic mass is 14.9. The van der Waals surface area contributed by atoms with Crippen LogP contribution in [0.3, 0.4) is 0 Å². The summed E-state index contributed by atoms with van der Waals surface area (Å²) in [5, 5.41) is 3.61. The third-order valence-corrected chi connectivity index (χ3v) is 4.24. The Morgan fingerprint density at radius 3 is 2.67 bits per heavy atom. The molecule has 0 spiro atoms. The second kappa shape index (κ2) is 5.56. The van der Waals surface area contributed by atoms with Crippen LogP contribution in [0.2, 0.25) is 0 Å². The molecule has 1 heteroatoms. The average Bonchev–Trinajstić information content (AvgIpc) is 2.29. The van der Waals surface area contributed by atoms with Crippen LogP contribution < -0.4 is 5.32 Å². The topological polar surface area (TPSA) is 12.0 Å². The van der Waals surface area contributed by atoms with Crippen LogP contribution in [0.4, 0.5) is 0 Å². The van der Waals surface area contributed by atoms with E-state index in [1.807, 2.05) is 0 Å². The number of nitrogens with one attached hydrogen (secondary N) is 1. The molecule has 1 N–H and O–H groups in total. The molecule has 2 saturated carbocycles. The van der Waals surface area contributed by atoms with Gasteiger partial charge in [0, 0.05) is 19.0 Å². The Morgan fingerprint density at radius 1 is 1.07 bits per heavy atom. The molecule has 15 heavy (non-hydrogen) atoms. The van der Waals surface area contributed by atoms with Gasteiger partial charge in [0.2, 0.25) is 0 Å². The van der Waals surface area contributed by atoms with Gasteiger partial charge in [0.25, 0.3) is 0 Å². The zero-order valence-corrected chi connectivity index (χ0v) is 9.67. The summed E-state index contributed by atoms with van der Waals surface area (Å²) < 4.78 is 0. The van der Waals surface area contributed by atoms with E-state index in [-0.39, 0.29) is 0 Å². The Labute approximate surface area is 94.0 Å². The van der Waals surface area contributed by atoms with Crippen molar-refractivity contribution in [3.8, 4) is 12.3 Å². The lowest BCUT2D eigenvalue weighted by Gasteiger charge is -2.39. The minimum Gasteiger partial charge on any atom is -0.313 e. The molecule has 1 nitrogen and oxygen atoms in total. The third kappa shape index (κ3) is 2.98. The van der Waals surface area contributed by atoms with Gasteiger partial charge >= 0.3 is 0 Å². The van der Waals surface area contributed by atoms with Crippen molar-refractivity contribution < 1.29 is 0 Å². The molecule has 2 rings (SSSR count). The molecule has 0 heterocycles. The lowest BCUT2D eigenvalue weighted by molar-refractivity contribution is 0.144. The number of rotatable bonds is 3. The van der Waals surface area contributed by atoms with Crippen LogP contribution in [0.25, 0.3) is 0 Å². The van der Waals surface area contributed by atoms with Crippen LogP contribution in [-0.2, 0) is 0 Å². The Morgan fingerprint density at radius 2 is 1.87 bits per heavy atom. The first-order chi connectivity index (χ1) is 7.40. The van der Waals surface area contributed by atoms with E-state index in [2.05, 4.69) is 11.2 Å². The van der Waals surface area contributed by atoms with Crippen molar-refractivity contribution in [3.05, 3.63) is 0 Å². The minimum absolute atomic E-state index is 0.762. The maximum Gasteiger partial charge on any atom is 0.0211 e. The van der Waals surface area contributed by atoms with Crippen LogP contribution in [-0.4, -0.2) is 12.6 Å². The second-order valence-electron chi connectivity index (χ2n) is 5.22. The minimum atomic E-state index is 0.762. The smallest absolute Gasteiger partial charge is 0.0211 e. The lowest BCUT2D eigenvalue weighted by Crippen LogP contribution is -2.39. The van der Waals surface area contributed by atoms with Crippen LogP contribution in [0.1, 0.15) is 51.4 Å². The fraction of sp³-hybridized carbons (Fsp3) is 0.857. The molecule has 2 aliphatic carbocycles. The highest BCUT2D eigenvalue weighted by Gasteiger charge is 2.31. The summed E-state index contributed by atoms with van der Waals surface area (Å²) in [6, 6.07) is 0.762. The van der Waals surface area contributed by atoms with Gasteiger partial charge in [0.05, 0.1) is 0 Å². The van der Waals surface area contributed by atoms with Gasteiger partial charge in [-0.3, -0.25) is 0 Å². The molecule has 3 unspecified atom stereocenters. The Bertz CT molecular complexity index is 228. The third-order valence-electron chi connectivity index (χ3n) is 4.24. The Kier molecular flexibility index (Phi) is 4.09. The van der Waals surface area contributed by atoms with Crippen molar-refractivity contribution in [3.63, 3.8) is 0 Å². The van der Waals surface area contributed by atoms with Crippen molar-refractivity contribution >= 4 is 0 Å². The van der Waals surface area contributed by atoms with Crippen LogP contribution in [0.15, 0.2) is 0 Å². The quantitative estimate of drug-likeness (QED) is 0.552. The summed E-state index contributed by atoms with van der Waals surface area (Å²) in [6.45, 7) is 1.01. The fourth-order valence-corrected chi connectivity index (χ4v) is 3.41. The normalized spacial score (nSPS) is 35.5. The first-order valence-corrected chi connectivity index (χ1v) is 6.57. The lowest BCUT2D eigenvalue weighted by atomic mass is 9.69. The maximum atomic E-state index is 5.26. The second-order valence-corrected chi connectivity index (χ2v) is 5.22. The molecular weight excluding hydrogens is 182 g/mol. The van der Waals surface area contributed by atoms with Gasteiger partial charge in [-0.1, -0.05) is 25.7 Å². The molecule has 0 aromatic carbocycles. The van der Waals surface area contributed by atoms with Crippen molar-refractivity contribution in [1.29, 1.82) is 0 Å². The van der Waals surface area contributed by atoms with Gasteiger partial charge in [-0.05, 0) is 31.1 Å². The number of hydrogen-bond acceptors (Lipinski definition) is 1. The number of terminal acetylenes is 1. The zero-order chi connectivity index (χ0) is 10.5. The molecule has 0 amide bonds. The van der Waals surface area contributed by atoms with E-state index in [4.69, 9.17) is 6.42 Å². The highest BCUT2D eigenvalue weighted by Crippen LogP contribution is 2.40. The highest BCUT2D eigenvalue weighted by molar-refractivity contribution is 4.88. The molecule has 84 valence electrons. The Balaban J connectivity index is 1.73. The first-order valence-electron chi connectivity index (χ1n) is 6.57. The summed E-state index contributed by atoms with van der Waals surface area (Å²) in [4.78, 5) is 0. The summed E-state index contributed by atoms with van der Waals surface area (Å²) in [5.41, 5.74) is 0. The molecule has 0 aromatic rings. The van der Waals surface area contributed by atoms with Crippen molar-refractivity contribution in [2.75, 3.05) is 6.54 Å². The SMILES string of the molecule is C#CCCNC1CCC2CCCCC2C1. The molecule has 3 atom stereocenters. The van der Waals surface area contributed by atoms with Gasteiger partial charge in [-0.2, -0.15) is 0 Å². The van der Waals surface area contributed by atoms with Gasteiger partial charge in [-0.25, -0.2) is 0 Å². The van der Waals surface area contributed by atoms with Crippen LogP contribution in [0, 0.1) is 24.2 Å². The van der Waals surface area contributed by atoms with Crippen molar-refractivity contribution in [2.45, 2.75) is 57.4 Å². The number of hydrogen-bond donors (Lipinski definition) is 1. The largest absolute Gasteiger partial charge is 0.313 e. The maximum absolute atomic E-state index is 5.26. The van der Waals surface area contributed by atoms with E-state index < -0.39 is 0 Å². The van der Waals surface area contributed by atoms with Gasteiger partial charge in [0.1, 0.15) is 0 Å². The predicted octanol–water partition coefficient (Wildman–Crippen LogP) is 2.96. The summed E-state index contributed by atoms with van der Waals surface area (Å²) >= 11 is 0. The average molecular weight is 205 g/mol. The van der Waals surface area contributed by atoms with Crippen LogP contribution >= 0.6 is 0 Å². The molecule has 0 bridgehead atoms. The summed E-state index contributed by atoms with van der Waals surface area (Å²) in [5.74, 6) is 4.78. The van der Waals surface area contributed by atoms with E-state index in [9.17, 15) is 0 Å². The fourth-order valence-electron chi connectivity index (χ4n) is 3.41. The Hall–Kier alpha value is -0.480. The molecule has 2 fully saturated rings. The molecular formula is C14H23N. The molecule has 0 saturated heterocycles. The van der Waals surface area contributed by atoms with Gasteiger partial charge < -0.3 is 5.32 Å². The van der Waals surface area contributed by atoms with E-state index in [0.29, 0.717) is 0 Å². The van der Waals surface area contributed by atoms with Crippen LogP contribution in [0.5, 0.6) is 0 Å². The summed E-state index contributed by atoms with van der Waals surface area (Å²) in [6.07, 6.45) is 16.3. The van der Waals surface area contributed by atoms with E-state index in [0.717, 1.165) is 30.8 Å².